The van der Waals surface area contributed by atoms with E-state index in [1.54, 1.807) is 24.3 Å². The van der Waals surface area contributed by atoms with E-state index in [4.69, 9.17) is 21.4 Å². The second-order valence-corrected chi connectivity index (χ2v) is 9.99. The smallest absolute Gasteiger partial charge is 0.253 e. The van der Waals surface area contributed by atoms with Crippen molar-refractivity contribution < 1.29 is 14.3 Å². The molecule has 3 heterocycles. The Hall–Kier alpha value is -2.70. The third-order valence-corrected chi connectivity index (χ3v) is 7.31. The molecule has 1 atom stereocenters. The van der Waals surface area contributed by atoms with E-state index < -0.39 is 0 Å². The summed E-state index contributed by atoms with van der Waals surface area (Å²) in [4.78, 5) is 27.4. The van der Waals surface area contributed by atoms with Crippen molar-refractivity contribution in [3.63, 3.8) is 0 Å². The second kappa shape index (κ2) is 9.88. The van der Waals surface area contributed by atoms with Crippen LogP contribution in [0.15, 0.2) is 42.6 Å². The van der Waals surface area contributed by atoms with E-state index in [0.717, 1.165) is 54.4 Å². The van der Waals surface area contributed by atoms with Gasteiger partial charge in [-0.25, -0.2) is 0 Å². The predicted octanol–water partition coefficient (Wildman–Crippen LogP) is 5.30. The molecule has 0 unspecified atom stereocenters. The van der Waals surface area contributed by atoms with Crippen molar-refractivity contribution in [3.8, 4) is 0 Å². The van der Waals surface area contributed by atoms with Gasteiger partial charge in [0.05, 0.1) is 11.6 Å². The van der Waals surface area contributed by atoms with Gasteiger partial charge in [-0.2, -0.15) is 5.10 Å². The minimum atomic E-state index is 0.0381. The summed E-state index contributed by atoms with van der Waals surface area (Å²) in [5, 5.41) is 6.37. The second-order valence-electron chi connectivity index (χ2n) is 9.56. The van der Waals surface area contributed by atoms with Crippen molar-refractivity contribution in [2.45, 2.75) is 51.7 Å². The van der Waals surface area contributed by atoms with Crippen LogP contribution < -0.4 is 0 Å². The molecule has 178 valence electrons. The van der Waals surface area contributed by atoms with Crippen LogP contribution in [0.3, 0.4) is 0 Å². The highest BCUT2D eigenvalue weighted by molar-refractivity contribution is 6.30. The van der Waals surface area contributed by atoms with E-state index in [1.165, 1.54) is 6.42 Å². The van der Waals surface area contributed by atoms with Crippen LogP contribution in [0.4, 0.5) is 0 Å². The first-order chi connectivity index (χ1) is 16.5. The quantitative estimate of drug-likeness (QED) is 0.431. The number of hydrogen-bond donors (Lipinski definition) is 0. The number of aromatic nitrogens is 2. The molecule has 7 heteroatoms. The SMILES string of the molecule is Cc1c(C(=O)CC[C@H]2CCCCO2)ccc2nn(CC3CN(C(=O)c4ccc(Cl)cc4)C3)cc12. The molecule has 0 spiro atoms. The van der Waals surface area contributed by atoms with Gasteiger partial charge in [0.25, 0.3) is 5.91 Å². The van der Waals surface area contributed by atoms with E-state index in [1.807, 2.05) is 34.8 Å². The summed E-state index contributed by atoms with van der Waals surface area (Å²) < 4.78 is 7.73. The minimum absolute atomic E-state index is 0.0381. The van der Waals surface area contributed by atoms with E-state index >= 15 is 0 Å². The fraction of sp³-hybridized carbons (Fsp3) is 0.444. The highest BCUT2D eigenvalue weighted by atomic mass is 35.5. The van der Waals surface area contributed by atoms with Gasteiger partial charge in [0.2, 0.25) is 0 Å². The fourth-order valence-corrected chi connectivity index (χ4v) is 5.15. The summed E-state index contributed by atoms with van der Waals surface area (Å²) in [6.45, 7) is 5.00. The van der Waals surface area contributed by atoms with Crippen molar-refractivity contribution in [2.75, 3.05) is 19.7 Å². The number of ketones is 1. The molecule has 0 aliphatic carbocycles. The Morgan fingerprint density at radius 3 is 2.65 bits per heavy atom. The molecule has 2 aromatic carbocycles. The zero-order chi connectivity index (χ0) is 23.7. The van der Waals surface area contributed by atoms with Gasteiger partial charge in [-0.15, -0.1) is 0 Å². The van der Waals surface area contributed by atoms with Gasteiger partial charge in [-0.05, 0) is 74.6 Å². The maximum Gasteiger partial charge on any atom is 0.253 e. The number of hydrogen-bond acceptors (Lipinski definition) is 4. The Bertz CT molecular complexity index is 1190. The van der Waals surface area contributed by atoms with Gasteiger partial charge in [0.15, 0.2) is 5.78 Å². The number of rotatable bonds is 7. The number of ether oxygens (including phenoxy) is 1. The monoisotopic (exact) mass is 479 g/mol. The van der Waals surface area contributed by atoms with E-state index in [0.29, 0.717) is 36.0 Å². The van der Waals surface area contributed by atoms with Crippen LogP contribution in [0, 0.1) is 12.8 Å². The molecule has 2 fully saturated rings. The highest BCUT2D eigenvalue weighted by Gasteiger charge is 2.31. The minimum Gasteiger partial charge on any atom is -0.378 e. The molecule has 3 aromatic rings. The van der Waals surface area contributed by atoms with Crippen LogP contribution in [-0.2, 0) is 11.3 Å². The van der Waals surface area contributed by atoms with Crippen molar-refractivity contribution in [3.05, 3.63) is 64.3 Å². The first kappa shape index (κ1) is 23.1. The maximum atomic E-state index is 12.9. The molecular formula is C27H30ClN3O3. The summed E-state index contributed by atoms with van der Waals surface area (Å²) in [5.74, 6) is 0.579. The Morgan fingerprint density at radius 2 is 1.91 bits per heavy atom. The van der Waals surface area contributed by atoms with Gasteiger partial charge in [-0.1, -0.05) is 11.6 Å². The number of fused-ring (bicyclic) bond motifs is 1. The maximum absolute atomic E-state index is 12.9. The number of halogens is 1. The zero-order valence-corrected chi connectivity index (χ0v) is 20.3. The van der Waals surface area contributed by atoms with Crippen LogP contribution in [-0.4, -0.2) is 52.2 Å². The number of benzene rings is 2. The van der Waals surface area contributed by atoms with E-state index in [2.05, 4.69) is 0 Å². The standard InChI is InChI=1S/C27H30ClN3O3/c1-18-23(26(32)12-9-22-4-2-3-13-34-22)10-11-25-24(18)17-31(29-25)16-19-14-30(15-19)27(33)20-5-7-21(28)8-6-20/h5-8,10-11,17,19,22H,2-4,9,12-16H2,1H3/t22-/m1/s1. The number of carbonyl (C=O) groups is 2. The lowest BCUT2D eigenvalue weighted by molar-refractivity contribution is 0.0104. The largest absolute Gasteiger partial charge is 0.378 e. The molecule has 1 amide bonds. The Balaban J connectivity index is 1.19. The van der Waals surface area contributed by atoms with Gasteiger partial charge in [-0.3, -0.25) is 14.3 Å². The van der Waals surface area contributed by atoms with Crippen LogP contribution in [0.2, 0.25) is 5.02 Å². The molecular weight excluding hydrogens is 450 g/mol. The molecule has 0 saturated carbocycles. The summed E-state index contributed by atoms with van der Waals surface area (Å²) in [6.07, 6.45) is 6.95. The molecule has 0 radical (unpaired) electrons. The van der Waals surface area contributed by atoms with Crippen LogP contribution in [0.1, 0.15) is 58.4 Å². The lowest BCUT2D eigenvalue weighted by Crippen LogP contribution is -2.51. The average molecular weight is 480 g/mol. The number of aryl methyl sites for hydroxylation is 1. The fourth-order valence-electron chi connectivity index (χ4n) is 5.03. The average Bonchev–Trinajstić information content (AvgIpc) is 3.24. The number of carbonyl (C=O) groups excluding carboxylic acids is 2. The lowest BCUT2D eigenvalue weighted by atomic mass is 9.96. The number of amides is 1. The Kier molecular flexibility index (Phi) is 6.70. The number of likely N-dealkylation sites (tertiary alicyclic amines) is 1. The first-order valence-corrected chi connectivity index (χ1v) is 12.5. The topological polar surface area (TPSA) is 64.4 Å². The molecule has 0 N–H and O–H groups in total. The normalized spacial score (nSPS) is 18.8. The van der Waals surface area contributed by atoms with Gasteiger partial charge >= 0.3 is 0 Å². The van der Waals surface area contributed by atoms with E-state index in [-0.39, 0.29) is 17.8 Å². The summed E-state index contributed by atoms with van der Waals surface area (Å²) in [6, 6.07) is 10.9. The van der Waals surface area contributed by atoms with Crippen LogP contribution in [0.5, 0.6) is 0 Å². The number of Topliss-reactive ketones (excluding diaryl/α,β-unsaturated/α-hetero) is 1. The van der Waals surface area contributed by atoms with Crippen molar-refractivity contribution >= 4 is 34.2 Å². The number of nitrogens with zero attached hydrogens (tertiary/aromatic N) is 3. The van der Waals surface area contributed by atoms with Gasteiger partial charge in [0.1, 0.15) is 0 Å². The zero-order valence-electron chi connectivity index (χ0n) is 19.5. The third-order valence-electron chi connectivity index (χ3n) is 7.05. The molecule has 2 saturated heterocycles. The van der Waals surface area contributed by atoms with Crippen molar-refractivity contribution in [1.29, 1.82) is 0 Å². The Labute approximate surface area is 204 Å². The molecule has 5 rings (SSSR count). The molecule has 2 aliphatic rings. The first-order valence-electron chi connectivity index (χ1n) is 12.1. The molecule has 2 aliphatic heterocycles. The summed E-state index contributed by atoms with van der Waals surface area (Å²) in [7, 11) is 0. The van der Waals surface area contributed by atoms with Crippen LogP contribution in [0.25, 0.3) is 10.9 Å². The van der Waals surface area contributed by atoms with Gasteiger partial charge in [0, 0.05) is 66.3 Å². The van der Waals surface area contributed by atoms with E-state index in [9.17, 15) is 9.59 Å². The summed E-state index contributed by atoms with van der Waals surface area (Å²) in [5.41, 5.74) is 3.34. The van der Waals surface area contributed by atoms with Crippen molar-refractivity contribution in [1.82, 2.24) is 14.7 Å². The molecule has 1 aromatic heterocycles. The molecule has 6 nitrogen and oxygen atoms in total. The molecule has 0 bridgehead atoms. The van der Waals surface area contributed by atoms with Crippen LogP contribution >= 0.6 is 11.6 Å². The van der Waals surface area contributed by atoms with Gasteiger partial charge < -0.3 is 9.64 Å². The predicted molar refractivity (Wildman–Crippen MR) is 132 cm³/mol. The summed E-state index contributed by atoms with van der Waals surface area (Å²) >= 11 is 5.92. The lowest BCUT2D eigenvalue weighted by Gasteiger charge is -2.39. The molecule has 34 heavy (non-hydrogen) atoms. The third kappa shape index (κ3) is 4.89. The highest BCUT2D eigenvalue weighted by Crippen LogP contribution is 2.26. The Morgan fingerprint density at radius 1 is 1.12 bits per heavy atom. The van der Waals surface area contributed by atoms with Crippen molar-refractivity contribution in [2.24, 2.45) is 5.92 Å².